The second kappa shape index (κ2) is 6.72. The van der Waals surface area contributed by atoms with Crippen LogP contribution in [-0.2, 0) is 16.1 Å². The van der Waals surface area contributed by atoms with Crippen LogP contribution in [0, 0.1) is 0 Å². The van der Waals surface area contributed by atoms with Gasteiger partial charge in [-0.1, -0.05) is 0 Å². The van der Waals surface area contributed by atoms with Gasteiger partial charge < -0.3 is 24.3 Å². The maximum Gasteiger partial charge on any atom is 0.410 e. The van der Waals surface area contributed by atoms with E-state index in [0.717, 1.165) is 5.69 Å². The monoisotopic (exact) mass is 309 g/mol. The topological polar surface area (TPSA) is 74.9 Å². The number of aromatic amines is 1. The van der Waals surface area contributed by atoms with E-state index in [1.807, 2.05) is 32.9 Å². The number of ether oxygens (including phenoxy) is 2. The Morgan fingerprint density at radius 3 is 2.23 bits per heavy atom. The van der Waals surface area contributed by atoms with Gasteiger partial charge in [-0.2, -0.15) is 0 Å². The van der Waals surface area contributed by atoms with Crippen LogP contribution in [0.4, 0.5) is 9.59 Å². The Labute approximate surface area is 130 Å². The molecule has 122 valence electrons. The molecular weight excluding hydrogens is 286 g/mol. The molecule has 7 nitrogen and oxygen atoms in total. The third-order valence-corrected chi connectivity index (χ3v) is 3.20. The van der Waals surface area contributed by atoms with E-state index in [1.54, 1.807) is 16.0 Å². The van der Waals surface area contributed by atoms with Crippen LogP contribution in [0.15, 0.2) is 18.3 Å². The molecule has 0 aromatic carbocycles. The van der Waals surface area contributed by atoms with Gasteiger partial charge in [0.2, 0.25) is 0 Å². The predicted molar refractivity (Wildman–Crippen MR) is 80.4 cm³/mol. The number of carbonyl (C=O) groups is 2. The van der Waals surface area contributed by atoms with E-state index in [9.17, 15) is 9.59 Å². The Balaban J connectivity index is 1.74. The molecule has 1 aromatic rings. The van der Waals surface area contributed by atoms with E-state index >= 15 is 0 Å². The summed E-state index contributed by atoms with van der Waals surface area (Å²) in [6.45, 7) is 7.51. The fourth-order valence-electron chi connectivity index (χ4n) is 2.09. The maximum atomic E-state index is 12.0. The highest BCUT2D eigenvalue weighted by Crippen LogP contribution is 2.12. The molecule has 1 saturated heterocycles. The molecule has 0 bridgehead atoms. The summed E-state index contributed by atoms with van der Waals surface area (Å²) in [5, 5.41) is 0. The Morgan fingerprint density at radius 1 is 1.14 bits per heavy atom. The molecule has 1 N–H and O–H groups in total. The SMILES string of the molecule is CC(C)(C)OC(=O)N1CCN(C(=O)OCc2ccc[nH]2)CC1. The van der Waals surface area contributed by atoms with Gasteiger partial charge in [-0.05, 0) is 32.9 Å². The molecule has 0 unspecified atom stereocenters. The Morgan fingerprint density at radius 2 is 1.73 bits per heavy atom. The van der Waals surface area contributed by atoms with Crippen molar-refractivity contribution in [2.75, 3.05) is 26.2 Å². The summed E-state index contributed by atoms with van der Waals surface area (Å²) in [5.74, 6) is 0. The first-order valence-corrected chi connectivity index (χ1v) is 7.37. The van der Waals surface area contributed by atoms with E-state index in [1.165, 1.54) is 0 Å². The number of nitrogens with one attached hydrogen (secondary N) is 1. The van der Waals surface area contributed by atoms with E-state index < -0.39 is 5.60 Å². The smallest absolute Gasteiger partial charge is 0.410 e. The Bertz CT molecular complexity index is 499. The average molecular weight is 309 g/mol. The van der Waals surface area contributed by atoms with Crippen molar-refractivity contribution in [3.63, 3.8) is 0 Å². The van der Waals surface area contributed by atoms with Gasteiger partial charge in [0.15, 0.2) is 0 Å². The molecule has 1 aliphatic rings. The summed E-state index contributed by atoms with van der Waals surface area (Å²) in [6, 6.07) is 3.70. The van der Waals surface area contributed by atoms with Crippen molar-refractivity contribution in [2.45, 2.75) is 33.0 Å². The molecule has 2 heterocycles. The van der Waals surface area contributed by atoms with Crippen LogP contribution >= 0.6 is 0 Å². The van der Waals surface area contributed by atoms with Gasteiger partial charge in [-0.25, -0.2) is 9.59 Å². The summed E-state index contributed by atoms with van der Waals surface area (Å²) in [4.78, 5) is 30.1. The van der Waals surface area contributed by atoms with E-state index in [2.05, 4.69) is 4.98 Å². The highest BCUT2D eigenvalue weighted by Gasteiger charge is 2.28. The molecule has 0 spiro atoms. The lowest BCUT2D eigenvalue weighted by molar-refractivity contribution is 0.0125. The number of hydrogen-bond donors (Lipinski definition) is 1. The standard InChI is InChI=1S/C15H23N3O4/c1-15(2,3)22-14(20)18-9-7-17(8-10-18)13(19)21-11-12-5-4-6-16-12/h4-6,16H,7-11H2,1-3H3. The molecule has 0 atom stereocenters. The third-order valence-electron chi connectivity index (χ3n) is 3.20. The zero-order chi connectivity index (χ0) is 16.2. The van der Waals surface area contributed by atoms with Crippen LogP contribution in [0.2, 0.25) is 0 Å². The van der Waals surface area contributed by atoms with Gasteiger partial charge in [0.1, 0.15) is 12.2 Å². The fraction of sp³-hybridized carbons (Fsp3) is 0.600. The minimum absolute atomic E-state index is 0.220. The predicted octanol–water partition coefficient (Wildman–Crippen LogP) is 2.20. The lowest BCUT2D eigenvalue weighted by Gasteiger charge is -2.35. The van der Waals surface area contributed by atoms with Gasteiger partial charge in [-0.15, -0.1) is 0 Å². The number of rotatable bonds is 2. The van der Waals surface area contributed by atoms with Gasteiger partial charge in [0.25, 0.3) is 0 Å². The molecule has 1 aromatic heterocycles. The lowest BCUT2D eigenvalue weighted by atomic mass is 10.2. The number of piperazine rings is 1. The normalized spacial score (nSPS) is 15.6. The summed E-state index contributed by atoms with van der Waals surface area (Å²) in [7, 11) is 0. The second-order valence-electron chi connectivity index (χ2n) is 6.20. The third kappa shape index (κ3) is 4.68. The highest BCUT2D eigenvalue weighted by atomic mass is 16.6. The van der Waals surface area contributed by atoms with Crippen LogP contribution in [-0.4, -0.2) is 58.8 Å². The van der Waals surface area contributed by atoms with Gasteiger partial charge in [0.05, 0.1) is 5.69 Å². The summed E-state index contributed by atoms with van der Waals surface area (Å²) < 4.78 is 10.5. The van der Waals surface area contributed by atoms with Crippen LogP contribution in [0.5, 0.6) is 0 Å². The molecule has 0 saturated carbocycles. The molecule has 22 heavy (non-hydrogen) atoms. The van der Waals surface area contributed by atoms with E-state index in [4.69, 9.17) is 9.47 Å². The van der Waals surface area contributed by atoms with Crippen molar-refractivity contribution in [1.82, 2.24) is 14.8 Å². The van der Waals surface area contributed by atoms with Crippen molar-refractivity contribution < 1.29 is 19.1 Å². The van der Waals surface area contributed by atoms with E-state index in [-0.39, 0.29) is 18.8 Å². The molecule has 2 amide bonds. The lowest BCUT2D eigenvalue weighted by Crippen LogP contribution is -2.51. The zero-order valence-corrected chi connectivity index (χ0v) is 13.3. The molecule has 0 radical (unpaired) electrons. The number of aromatic nitrogens is 1. The van der Waals surface area contributed by atoms with Crippen LogP contribution < -0.4 is 0 Å². The average Bonchev–Trinajstić information content (AvgIpc) is 2.96. The molecule has 1 fully saturated rings. The minimum atomic E-state index is -0.511. The van der Waals surface area contributed by atoms with Gasteiger partial charge >= 0.3 is 12.2 Å². The summed E-state index contributed by atoms with van der Waals surface area (Å²) in [6.07, 6.45) is 1.08. The Kier molecular flexibility index (Phi) is 4.95. The van der Waals surface area contributed by atoms with Crippen molar-refractivity contribution in [1.29, 1.82) is 0 Å². The number of nitrogens with zero attached hydrogens (tertiary/aromatic N) is 2. The number of amides is 2. The van der Waals surface area contributed by atoms with Crippen molar-refractivity contribution >= 4 is 12.2 Å². The number of H-pyrrole nitrogens is 1. The summed E-state index contributed by atoms with van der Waals surface area (Å²) in [5.41, 5.74) is 0.337. The van der Waals surface area contributed by atoms with Crippen molar-refractivity contribution in [2.24, 2.45) is 0 Å². The molecular formula is C15H23N3O4. The number of carbonyl (C=O) groups excluding carboxylic acids is 2. The van der Waals surface area contributed by atoms with Gasteiger partial charge in [-0.3, -0.25) is 0 Å². The Hall–Kier alpha value is -2.18. The quantitative estimate of drug-likeness (QED) is 0.909. The first kappa shape index (κ1) is 16.2. The van der Waals surface area contributed by atoms with E-state index in [0.29, 0.717) is 26.2 Å². The van der Waals surface area contributed by atoms with Crippen molar-refractivity contribution in [3.8, 4) is 0 Å². The second-order valence-corrected chi connectivity index (χ2v) is 6.20. The molecule has 0 aliphatic carbocycles. The molecule has 7 heteroatoms. The van der Waals surface area contributed by atoms with Crippen molar-refractivity contribution in [3.05, 3.63) is 24.0 Å². The minimum Gasteiger partial charge on any atom is -0.444 e. The molecule has 1 aliphatic heterocycles. The van der Waals surface area contributed by atoms with Crippen LogP contribution in [0.25, 0.3) is 0 Å². The molecule has 2 rings (SSSR count). The first-order chi connectivity index (χ1) is 10.3. The van der Waals surface area contributed by atoms with Crippen LogP contribution in [0.3, 0.4) is 0 Å². The number of hydrogen-bond acceptors (Lipinski definition) is 4. The fourth-order valence-corrected chi connectivity index (χ4v) is 2.09. The maximum absolute atomic E-state index is 12.0. The highest BCUT2D eigenvalue weighted by molar-refractivity contribution is 5.70. The first-order valence-electron chi connectivity index (χ1n) is 7.37. The van der Waals surface area contributed by atoms with Gasteiger partial charge in [0, 0.05) is 32.4 Å². The summed E-state index contributed by atoms with van der Waals surface area (Å²) >= 11 is 0. The zero-order valence-electron chi connectivity index (χ0n) is 13.3. The largest absolute Gasteiger partial charge is 0.444 e. The van der Waals surface area contributed by atoms with Crippen LogP contribution in [0.1, 0.15) is 26.5 Å².